The fraction of sp³-hybridized carbons (Fsp3) is 0.0400. The first-order chi connectivity index (χ1) is 19.3. The Bertz CT molecular complexity index is 1760. The van der Waals surface area contributed by atoms with Gasteiger partial charge in [-0.25, -0.2) is 10.0 Å². The van der Waals surface area contributed by atoms with Crippen LogP contribution < -0.4 is 20.9 Å². The van der Waals surface area contributed by atoms with Gasteiger partial charge >= 0.3 is 0 Å². The smallest absolute Gasteiger partial charge is 0.282 e. The van der Waals surface area contributed by atoms with Crippen LogP contribution in [0.3, 0.4) is 0 Å². The van der Waals surface area contributed by atoms with Crippen LogP contribution in [0, 0.1) is 5.92 Å². The van der Waals surface area contributed by atoms with E-state index in [9.17, 15) is 36.0 Å². The summed E-state index contributed by atoms with van der Waals surface area (Å²) in [6, 6.07) is 9.31. The molecule has 0 bridgehead atoms. The van der Waals surface area contributed by atoms with Crippen molar-refractivity contribution in [3.63, 3.8) is 0 Å². The summed E-state index contributed by atoms with van der Waals surface area (Å²) >= 11 is 0. The highest BCUT2D eigenvalue weighted by molar-refractivity contribution is 7.86. The molecule has 2 aliphatic rings. The summed E-state index contributed by atoms with van der Waals surface area (Å²) in [5.41, 5.74) is 4.89. The highest BCUT2D eigenvalue weighted by Crippen LogP contribution is 2.23. The largest absolute Gasteiger partial charge is 0.294 e. The Hall–Kier alpha value is -4.90. The van der Waals surface area contributed by atoms with Crippen LogP contribution in [0.5, 0.6) is 0 Å². The topological polar surface area (TPSA) is 208 Å². The van der Waals surface area contributed by atoms with E-state index in [-0.39, 0.29) is 26.7 Å². The number of allylic oxidation sites excluding steroid dienone is 6. The molecule has 0 saturated carbocycles. The number of hydrazine groups is 2. The molecule has 2 fully saturated rings. The van der Waals surface area contributed by atoms with Gasteiger partial charge in [0.1, 0.15) is 11.5 Å². The molecule has 4 N–H and O–H groups in total. The average molecular weight is 601 g/mol. The molecule has 212 valence electrons. The Morgan fingerprint density at radius 3 is 1.68 bits per heavy atom. The molecule has 16 heteroatoms. The van der Waals surface area contributed by atoms with Gasteiger partial charge in [-0.15, -0.1) is 0 Å². The van der Waals surface area contributed by atoms with E-state index >= 15 is 0 Å². The highest BCUT2D eigenvalue weighted by Gasteiger charge is 2.38. The van der Waals surface area contributed by atoms with Gasteiger partial charge in [-0.3, -0.25) is 39.1 Å². The molecule has 0 aliphatic carbocycles. The van der Waals surface area contributed by atoms with Crippen molar-refractivity contribution in [1.29, 1.82) is 0 Å². The van der Waals surface area contributed by atoms with Crippen molar-refractivity contribution < 1.29 is 45.1 Å². The number of hydrogen-bond donors (Lipinski definition) is 4. The summed E-state index contributed by atoms with van der Waals surface area (Å²) < 4.78 is 62.8. The number of benzene rings is 2. The SMILES string of the molecule is O=C1NN(c2ccc(S(=O)(=O)O)cc2)C(=O)\C1=C/C=C/C=C/C=C/C1C(=O)NN(c2ccc(S(=O)(=O)O)cc2)C1=O. The molecular weight excluding hydrogens is 580 g/mol. The molecular formula is C25H20N4O10S2. The van der Waals surface area contributed by atoms with E-state index in [1.54, 1.807) is 0 Å². The number of hydrogen-bond acceptors (Lipinski definition) is 8. The predicted octanol–water partition coefficient (Wildman–Crippen LogP) is 0.847. The van der Waals surface area contributed by atoms with Crippen molar-refractivity contribution in [3.8, 4) is 0 Å². The Balaban J connectivity index is 1.35. The van der Waals surface area contributed by atoms with Gasteiger partial charge in [0.05, 0.1) is 21.2 Å². The summed E-state index contributed by atoms with van der Waals surface area (Å²) in [6.45, 7) is 0. The summed E-state index contributed by atoms with van der Waals surface area (Å²) in [5, 5.41) is 1.88. The number of nitrogens with zero attached hydrogens (tertiary/aromatic N) is 2. The van der Waals surface area contributed by atoms with Gasteiger partial charge in [-0.2, -0.15) is 16.8 Å². The third-order valence-corrected chi connectivity index (χ3v) is 7.41. The van der Waals surface area contributed by atoms with Crippen LogP contribution in [0.2, 0.25) is 0 Å². The zero-order chi connectivity index (χ0) is 29.9. The minimum absolute atomic E-state index is 0.173. The molecule has 2 aliphatic heterocycles. The molecule has 0 radical (unpaired) electrons. The van der Waals surface area contributed by atoms with Gasteiger partial charge in [-0.1, -0.05) is 36.5 Å². The number of anilines is 2. The maximum absolute atomic E-state index is 12.6. The summed E-state index contributed by atoms with van der Waals surface area (Å²) in [6.07, 6.45) is 9.95. The number of carbonyl (C=O) groups is 4. The molecule has 2 saturated heterocycles. The van der Waals surface area contributed by atoms with E-state index in [2.05, 4.69) is 10.9 Å². The molecule has 1 unspecified atom stereocenters. The summed E-state index contributed by atoms with van der Waals surface area (Å²) in [5.74, 6) is -3.75. The first-order valence-electron chi connectivity index (χ1n) is 11.4. The number of amides is 4. The lowest BCUT2D eigenvalue weighted by Gasteiger charge is -2.15. The molecule has 1 atom stereocenters. The first kappa shape index (κ1) is 29.1. The van der Waals surface area contributed by atoms with E-state index in [1.807, 2.05) is 0 Å². The van der Waals surface area contributed by atoms with Gasteiger partial charge in [0.25, 0.3) is 43.9 Å². The van der Waals surface area contributed by atoms with Crippen LogP contribution in [0.15, 0.2) is 106 Å². The Kier molecular flexibility index (Phi) is 8.02. The zero-order valence-electron chi connectivity index (χ0n) is 20.6. The van der Waals surface area contributed by atoms with E-state index in [0.717, 1.165) is 34.3 Å². The lowest BCUT2D eigenvalue weighted by Crippen LogP contribution is -2.35. The van der Waals surface area contributed by atoms with Crippen molar-refractivity contribution >= 4 is 55.2 Å². The second kappa shape index (κ2) is 11.3. The normalized spacial score (nSPS) is 19.4. The highest BCUT2D eigenvalue weighted by atomic mass is 32.2. The molecule has 14 nitrogen and oxygen atoms in total. The maximum Gasteiger partial charge on any atom is 0.294 e. The van der Waals surface area contributed by atoms with E-state index in [1.165, 1.54) is 66.8 Å². The maximum atomic E-state index is 12.6. The zero-order valence-corrected chi connectivity index (χ0v) is 22.2. The third-order valence-electron chi connectivity index (χ3n) is 5.68. The minimum atomic E-state index is -4.41. The predicted molar refractivity (Wildman–Crippen MR) is 143 cm³/mol. The second-order valence-electron chi connectivity index (χ2n) is 8.38. The molecule has 2 aromatic carbocycles. The molecule has 0 spiro atoms. The van der Waals surface area contributed by atoms with E-state index in [4.69, 9.17) is 9.11 Å². The van der Waals surface area contributed by atoms with Crippen LogP contribution in [-0.2, 0) is 39.4 Å². The van der Waals surface area contributed by atoms with Crippen molar-refractivity contribution in [2.45, 2.75) is 9.79 Å². The van der Waals surface area contributed by atoms with Crippen LogP contribution in [-0.4, -0.2) is 49.6 Å². The molecule has 4 rings (SSSR count). The minimum Gasteiger partial charge on any atom is -0.282 e. The molecule has 2 heterocycles. The van der Waals surface area contributed by atoms with Crippen LogP contribution >= 0.6 is 0 Å². The standard InChI is InChI=1S/C25H20N4O10S2/c30-22-20(24(32)28(26-22)16-8-12-18(13-9-16)40(34,35)36)6-4-2-1-3-5-7-21-23(31)27-29(25(21)33)17-10-14-19(15-11-17)41(37,38)39/h1-15,20H,(H,26,30)(H,27,31)(H,34,35,36)(H,37,38,39)/b2-1+,5-3+,6-4+,21-7-. The van der Waals surface area contributed by atoms with Gasteiger partial charge in [0, 0.05) is 0 Å². The monoisotopic (exact) mass is 600 g/mol. The van der Waals surface area contributed by atoms with Gasteiger partial charge in [-0.05, 0) is 54.6 Å². The van der Waals surface area contributed by atoms with E-state index < -0.39 is 49.8 Å². The molecule has 41 heavy (non-hydrogen) atoms. The van der Waals surface area contributed by atoms with Gasteiger partial charge < -0.3 is 0 Å². The lowest BCUT2D eigenvalue weighted by molar-refractivity contribution is -0.125. The number of nitrogens with one attached hydrogen (secondary N) is 2. The number of carbonyl (C=O) groups excluding carboxylic acids is 4. The Morgan fingerprint density at radius 1 is 0.659 bits per heavy atom. The average Bonchev–Trinajstić information content (AvgIpc) is 3.36. The lowest BCUT2D eigenvalue weighted by atomic mass is 10.1. The van der Waals surface area contributed by atoms with Gasteiger partial charge in [0.2, 0.25) is 0 Å². The summed E-state index contributed by atoms with van der Waals surface area (Å²) in [7, 11) is -8.83. The molecule has 4 amide bonds. The first-order valence-corrected chi connectivity index (χ1v) is 14.3. The van der Waals surface area contributed by atoms with Crippen LogP contribution in [0.1, 0.15) is 0 Å². The fourth-order valence-electron chi connectivity index (χ4n) is 3.66. The molecule has 0 aromatic heterocycles. The van der Waals surface area contributed by atoms with Gasteiger partial charge in [0.15, 0.2) is 0 Å². The summed E-state index contributed by atoms with van der Waals surface area (Å²) in [4.78, 5) is 48.9. The van der Waals surface area contributed by atoms with Crippen molar-refractivity contribution in [2.75, 3.05) is 10.0 Å². The van der Waals surface area contributed by atoms with E-state index in [0.29, 0.717) is 0 Å². The van der Waals surface area contributed by atoms with Crippen molar-refractivity contribution in [3.05, 3.63) is 96.6 Å². The molecule has 2 aromatic rings. The van der Waals surface area contributed by atoms with Crippen LogP contribution in [0.25, 0.3) is 0 Å². The third kappa shape index (κ3) is 6.47. The quantitative estimate of drug-likeness (QED) is 0.110. The van der Waals surface area contributed by atoms with Crippen molar-refractivity contribution in [2.24, 2.45) is 5.92 Å². The Morgan fingerprint density at radius 2 is 1.15 bits per heavy atom. The fourth-order valence-corrected chi connectivity index (χ4v) is 4.62. The van der Waals surface area contributed by atoms with Crippen molar-refractivity contribution in [1.82, 2.24) is 10.9 Å². The second-order valence-corrected chi connectivity index (χ2v) is 11.2. The Labute approximate surface area is 233 Å². The van der Waals surface area contributed by atoms with Crippen LogP contribution in [0.4, 0.5) is 11.4 Å². The number of rotatable bonds is 8.